The molecule has 0 amide bonds. The van der Waals surface area contributed by atoms with Crippen LogP contribution in [0.25, 0.3) is 32.3 Å². The second-order valence-electron chi connectivity index (χ2n) is 12.6. The van der Waals surface area contributed by atoms with Crippen LogP contribution in [0.15, 0.2) is 48.5 Å². The van der Waals surface area contributed by atoms with Crippen LogP contribution < -0.4 is 10.9 Å². The fraction of sp³-hybridized carbons (Fsp3) is 0.400. The molecule has 2 aliphatic heterocycles. The van der Waals surface area contributed by atoms with Gasteiger partial charge in [-0.25, -0.2) is 0 Å². The Morgan fingerprint density at radius 2 is 0.763 bits per heavy atom. The molecular formula is C30H32B2Cl2O4. The molecule has 4 nitrogen and oxygen atoms in total. The molecule has 2 heterocycles. The first-order chi connectivity index (χ1) is 17.6. The van der Waals surface area contributed by atoms with Crippen LogP contribution in [0.5, 0.6) is 0 Å². The zero-order chi connectivity index (χ0) is 27.4. The van der Waals surface area contributed by atoms with Gasteiger partial charge < -0.3 is 18.6 Å². The largest absolute Gasteiger partial charge is 0.494 e. The van der Waals surface area contributed by atoms with Gasteiger partial charge in [0.25, 0.3) is 0 Å². The monoisotopic (exact) mass is 548 g/mol. The highest BCUT2D eigenvalue weighted by atomic mass is 35.5. The van der Waals surface area contributed by atoms with Gasteiger partial charge in [-0.15, -0.1) is 0 Å². The quantitative estimate of drug-likeness (QED) is 0.199. The average molecular weight is 549 g/mol. The molecule has 4 aromatic rings. The van der Waals surface area contributed by atoms with Gasteiger partial charge in [-0.05, 0) is 100.0 Å². The average Bonchev–Trinajstić information content (AvgIpc) is 3.19. The molecule has 2 aliphatic rings. The minimum absolute atomic E-state index is 0.412. The molecule has 38 heavy (non-hydrogen) atoms. The number of benzene rings is 4. The molecule has 0 saturated carbocycles. The first kappa shape index (κ1) is 26.4. The lowest BCUT2D eigenvalue weighted by Gasteiger charge is -2.32. The van der Waals surface area contributed by atoms with Crippen molar-refractivity contribution >= 4 is 80.7 Å². The van der Waals surface area contributed by atoms with Crippen LogP contribution in [0.2, 0.25) is 10.0 Å². The van der Waals surface area contributed by atoms with E-state index in [1.54, 1.807) is 0 Å². The highest BCUT2D eigenvalue weighted by molar-refractivity contribution is 6.63. The van der Waals surface area contributed by atoms with Crippen LogP contribution in [0.3, 0.4) is 0 Å². The summed E-state index contributed by atoms with van der Waals surface area (Å²) in [4.78, 5) is 0. The second kappa shape index (κ2) is 8.36. The van der Waals surface area contributed by atoms with Crippen molar-refractivity contribution in [2.24, 2.45) is 0 Å². The molecule has 0 atom stereocenters. The van der Waals surface area contributed by atoms with Gasteiger partial charge in [0.1, 0.15) is 0 Å². The standard InChI is InChI=1S/C30H32B2Cl2O4/c1-27(2)28(3,4)36-31(35-27)17-9-11-19-21-16-26(34)24-14-18(32-37-29(5,6)30(7,8)38-32)10-12-20(24)22(21)15-25(33)23(19)13-17/h9-16H,1-8H3. The van der Waals surface area contributed by atoms with Crippen LogP contribution in [0.1, 0.15) is 55.4 Å². The number of fused-ring (bicyclic) bond motifs is 5. The Hall–Kier alpha value is -1.79. The highest BCUT2D eigenvalue weighted by Gasteiger charge is 2.52. The normalized spacial score (nSPS) is 21.7. The Kier molecular flexibility index (Phi) is 5.81. The molecule has 196 valence electrons. The zero-order valence-corrected chi connectivity index (χ0v) is 24.7. The molecule has 0 spiro atoms. The molecule has 0 radical (unpaired) electrons. The maximum absolute atomic E-state index is 6.91. The van der Waals surface area contributed by atoms with Crippen LogP contribution >= 0.6 is 23.2 Å². The van der Waals surface area contributed by atoms with Crippen molar-refractivity contribution in [3.63, 3.8) is 0 Å². The predicted octanol–water partition coefficient (Wildman–Crippen LogP) is 7.05. The molecule has 8 heteroatoms. The van der Waals surface area contributed by atoms with Gasteiger partial charge in [0, 0.05) is 20.8 Å². The molecule has 2 fully saturated rings. The van der Waals surface area contributed by atoms with Crippen molar-refractivity contribution < 1.29 is 18.6 Å². The van der Waals surface area contributed by atoms with Gasteiger partial charge in [0.2, 0.25) is 0 Å². The van der Waals surface area contributed by atoms with E-state index in [1.807, 2.05) is 12.1 Å². The van der Waals surface area contributed by atoms with Crippen molar-refractivity contribution in [3.8, 4) is 0 Å². The third-order valence-corrected chi connectivity index (χ3v) is 9.69. The smallest absolute Gasteiger partial charge is 0.399 e. The fourth-order valence-electron chi connectivity index (χ4n) is 5.25. The predicted molar refractivity (Wildman–Crippen MR) is 160 cm³/mol. The maximum atomic E-state index is 6.91. The molecule has 0 aromatic heterocycles. The molecule has 0 bridgehead atoms. The summed E-state index contributed by atoms with van der Waals surface area (Å²) in [6, 6.07) is 16.5. The lowest BCUT2D eigenvalue weighted by atomic mass is 9.77. The van der Waals surface area contributed by atoms with Gasteiger partial charge in [0.05, 0.1) is 22.4 Å². The van der Waals surface area contributed by atoms with E-state index >= 15 is 0 Å². The van der Waals surface area contributed by atoms with Gasteiger partial charge in [-0.1, -0.05) is 59.6 Å². The molecule has 2 saturated heterocycles. The van der Waals surface area contributed by atoms with Crippen molar-refractivity contribution in [2.45, 2.75) is 77.8 Å². The van der Waals surface area contributed by atoms with Gasteiger partial charge in [-0.2, -0.15) is 0 Å². The molecule has 0 unspecified atom stereocenters. The van der Waals surface area contributed by atoms with E-state index in [4.69, 9.17) is 41.8 Å². The Morgan fingerprint density at radius 3 is 1.08 bits per heavy atom. The number of hydrogen-bond donors (Lipinski definition) is 0. The third kappa shape index (κ3) is 3.91. The summed E-state index contributed by atoms with van der Waals surface area (Å²) in [6.07, 6.45) is 0. The summed E-state index contributed by atoms with van der Waals surface area (Å²) in [7, 11) is -0.908. The van der Waals surface area contributed by atoms with Crippen molar-refractivity contribution in [2.75, 3.05) is 0 Å². The molecule has 0 N–H and O–H groups in total. The first-order valence-electron chi connectivity index (χ1n) is 13.1. The SMILES string of the molecule is CC1(C)OB(c2ccc3c(c2)c(Cl)cc2c4ccc(B5OC(C)(C)C(C)(C)O5)cc4c(Cl)cc32)OC1(C)C. The molecule has 0 aliphatic carbocycles. The van der Waals surface area contributed by atoms with Gasteiger partial charge in [-0.3, -0.25) is 0 Å². The van der Waals surface area contributed by atoms with Crippen molar-refractivity contribution in [1.29, 1.82) is 0 Å². The van der Waals surface area contributed by atoms with E-state index in [0.717, 1.165) is 43.2 Å². The van der Waals surface area contributed by atoms with Crippen LogP contribution in [0.4, 0.5) is 0 Å². The maximum Gasteiger partial charge on any atom is 0.494 e. The van der Waals surface area contributed by atoms with Gasteiger partial charge in [0.15, 0.2) is 0 Å². The number of hydrogen-bond acceptors (Lipinski definition) is 4. The Bertz CT molecular complexity index is 1480. The van der Waals surface area contributed by atoms with Crippen LogP contribution in [-0.2, 0) is 18.6 Å². The fourth-order valence-corrected chi connectivity index (χ4v) is 5.78. The minimum Gasteiger partial charge on any atom is -0.399 e. The topological polar surface area (TPSA) is 36.9 Å². The van der Waals surface area contributed by atoms with Crippen LogP contribution in [0, 0.1) is 0 Å². The number of halogens is 2. The Labute approximate surface area is 235 Å². The van der Waals surface area contributed by atoms with E-state index in [-0.39, 0.29) is 0 Å². The summed E-state index contributed by atoms with van der Waals surface area (Å²) in [5.41, 5.74) is 0.236. The van der Waals surface area contributed by atoms with Crippen molar-refractivity contribution in [3.05, 3.63) is 58.6 Å². The summed E-state index contributed by atoms with van der Waals surface area (Å²) >= 11 is 13.8. The summed E-state index contributed by atoms with van der Waals surface area (Å²) in [5.74, 6) is 0. The van der Waals surface area contributed by atoms with E-state index in [9.17, 15) is 0 Å². The van der Waals surface area contributed by atoms with Gasteiger partial charge >= 0.3 is 14.2 Å². The Morgan fingerprint density at radius 1 is 0.447 bits per heavy atom. The third-order valence-electron chi connectivity index (χ3n) is 9.07. The highest BCUT2D eigenvalue weighted by Crippen LogP contribution is 2.41. The lowest BCUT2D eigenvalue weighted by Crippen LogP contribution is -2.41. The van der Waals surface area contributed by atoms with E-state index in [2.05, 4.69) is 91.8 Å². The summed E-state index contributed by atoms with van der Waals surface area (Å²) in [6.45, 7) is 16.4. The molecule has 4 aromatic carbocycles. The minimum atomic E-state index is -0.454. The lowest BCUT2D eigenvalue weighted by molar-refractivity contribution is 0.00578. The first-order valence-corrected chi connectivity index (χ1v) is 13.9. The summed E-state index contributed by atoms with van der Waals surface area (Å²) in [5, 5.41) is 7.38. The molecule has 6 rings (SSSR count). The second-order valence-corrected chi connectivity index (χ2v) is 13.4. The van der Waals surface area contributed by atoms with Crippen LogP contribution in [-0.4, -0.2) is 36.6 Å². The summed E-state index contributed by atoms with van der Waals surface area (Å²) < 4.78 is 25.1. The number of rotatable bonds is 2. The van der Waals surface area contributed by atoms with Crippen molar-refractivity contribution in [1.82, 2.24) is 0 Å². The zero-order valence-electron chi connectivity index (χ0n) is 23.2. The van der Waals surface area contributed by atoms with E-state index in [1.165, 1.54) is 0 Å². The van der Waals surface area contributed by atoms with E-state index < -0.39 is 36.6 Å². The van der Waals surface area contributed by atoms with E-state index in [0.29, 0.717) is 10.0 Å². The Balaban J connectivity index is 1.45. The molecular weight excluding hydrogens is 517 g/mol.